The third-order valence-corrected chi connectivity index (χ3v) is 2.07. The summed E-state index contributed by atoms with van der Waals surface area (Å²) >= 11 is 0. The Bertz CT molecular complexity index is 522. The average molecular weight is 229 g/mol. The molecule has 86 valence electrons. The minimum atomic E-state index is 0.301. The van der Waals surface area contributed by atoms with Crippen LogP contribution in [0.25, 0.3) is 0 Å². The first kappa shape index (κ1) is 10.9. The highest BCUT2D eigenvalue weighted by Gasteiger charge is 1.97. The van der Waals surface area contributed by atoms with Crippen LogP contribution in [0.4, 0.5) is 11.5 Å². The van der Waals surface area contributed by atoms with Gasteiger partial charge in [0.15, 0.2) is 5.69 Å². The normalized spacial score (nSPS) is 9.82. The molecule has 0 aliphatic rings. The minimum Gasteiger partial charge on any atom is -0.396 e. The Kier molecular flexibility index (Phi) is 3.16. The Hall–Kier alpha value is -2.62. The fourth-order valence-corrected chi connectivity index (χ4v) is 1.28. The lowest BCUT2D eigenvalue weighted by Gasteiger charge is -2.04. The molecule has 0 radical (unpaired) electrons. The van der Waals surface area contributed by atoms with Gasteiger partial charge in [0.25, 0.3) is 0 Å². The highest BCUT2D eigenvalue weighted by Crippen LogP contribution is 2.01. The van der Waals surface area contributed by atoms with Gasteiger partial charge in [-0.15, -0.1) is 0 Å². The van der Waals surface area contributed by atoms with Crippen LogP contribution in [0.1, 0.15) is 5.69 Å². The Morgan fingerprint density at radius 1 is 1.35 bits per heavy atom. The van der Waals surface area contributed by atoms with Gasteiger partial charge in [-0.3, -0.25) is 4.68 Å². The molecule has 0 aliphatic heterocycles. The van der Waals surface area contributed by atoms with E-state index in [2.05, 4.69) is 20.4 Å². The van der Waals surface area contributed by atoms with E-state index < -0.39 is 0 Å². The highest BCUT2D eigenvalue weighted by molar-refractivity contribution is 5.33. The van der Waals surface area contributed by atoms with Gasteiger partial charge in [-0.1, -0.05) is 0 Å². The highest BCUT2D eigenvalue weighted by atomic mass is 15.3. The molecule has 0 aliphatic carbocycles. The number of anilines is 2. The summed E-state index contributed by atoms with van der Waals surface area (Å²) in [7, 11) is 0. The molecule has 0 atom stereocenters. The summed E-state index contributed by atoms with van der Waals surface area (Å²) in [5.41, 5.74) is 6.48. The standard InChI is InChI=1S/C10H11N7/c11-3-9-5-15-10(6-14-9)13-1-2-17-7-8(12)4-16-17/h4-7H,1-2,12H2,(H,13,15). The maximum atomic E-state index is 8.56. The number of nitriles is 1. The van der Waals surface area contributed by atoms with E-state index in [4.69, 9.17) is 11.0 Å². The first-order valence-corrected chi connectivity index (χ1v) is 5.02. The van der Waals surface area contributed by atoms with Gasteiger partial charge in [-0.25, -0.2) is 9.97 Å². The summed E-state index contributed by atoms with van der Waals surface area (Å²) in [4.78, 5) is 7.93. The molecular weight excluding hydrogens is 218 g/mol. The fraction of sp³-hybridized carbons (Fsp3) is 0.200. The molecule has 0 aromatic carbocycles. The second kappa shape index (κ2) is 4.94. The average Bonchev–Trinajstić information content (AvgIpc) is 2.76. The van der Waals surface area contributed by atoms with Crippen LogP contribution < -0.4 is 11.1 Å². The van der Waals surface area contributed by atoms with E-state index in [1.165, 1.54) is 12.4 Å². The molecule has 0 amide bonds. The molecule has 2 rings (SSSR count). The predicted octanol–water partition coefficient (Wildman–Crippen LogP) is 0.239. The number of nitrogen functional groups attached to an aromatic ring is 1. The molecule has 7 heteroatoms. The van der Waals surface area contributed by atoms with Gasteiger partial charge < -0.3 is 11.1 Å². The lowest BCUT2D eigenvalue weighted by Crippen LogP contribution is -2.11. The molecule has 2 aromatic heterocycles. The van der Waals surface area contributed by atoms with Crippen molar-refractivity contribution in [3.05, 3.63) is 30.5 Å². The first-order chi connectivity index (χ1) is 8.28. The van der Waals surface area contributed by atoms with Crippen molar-refractivity contribution in [3.63, 3.8) is 0 Å². The largest absolute Gasteiger partial charge is 0.396 e. The number of aromatic nitrogens is 4. The zero-order valence-electron chi connectivity index (χ0n) is 9.04. The van der Waals surface area contributed by atoms with E-state index in [0.29, 0.717) is 30.3 Å². The van der Waals surface area contributed by atoms with Gasteiger partial charge in [0.2, 0.25) is 0 Å². The number of hydrogen-bond acceptors (Lipinski definition) is 6. The third-order valence-electron chi connectivity index (χ3n) is 2.07. The van der Waals surface area contributed by atoms with Crippen LogP contribution in [0.2, 0.25) is 0 Å². The van der Waals surface area contributed by atoms with Crippen molar-refractivity contribution in [3.8, 4) is 6.07 Å². The van der Waals surface area contributed by atoms with Crippen LogP contribution in [-0.2, 0) is 6.54 Å². The number of nitrogens with one attached hydrogen (secondary N) is 1. The van der Waals surface area contributed by atoms with Gasteiger partial charge in [0, 0.05) is 12.7 Å². The van der Waals surface area contributed by atoms with Crippen LogP contribution in [0.15, 0.2) is 24.8 Å². The monoisotopic (exact) mass is 229 g/mol. The second-order valence-corrected chi connectivity index (χ2v) is 3.36. The molecule has 17 heavy (non-hydrogen) atoms. The van der Waals surface area contributed by atoms with Gasteiger partial charge in [-0.05, 0) is 0 Å². The Morgan fingerprint density at radius 3 is 2.82 bits per heavy atom. The quantitative estimate of drug-likeness (QED) is 0.777. The SMILES string of the molecule is N#Cc1cnc(NCCn2cc(N)cn2)cn1. The smallest absolute Gasteiger partial charge is 0.158 e. The van der Waals surface area contributed by atoms with Crippen molar-refractivity contribution in [1.82, 2.24) is 19.7 Å². The molecule has 0 spiro atoms. The minimum absolute atomic E-state index is 0.301. The summed E-state index contributed by atoms with van der Waals surface area (Å²) in [6, 6.07) is 1.91. The van der Waals surface area contributed by atoms with E-state index in [-0.39, 0.29) is 0 Å². The Balaban J connectivity index is 1.84. The molecule has 2 heterocycles. The molecule has 0 unspecified atom stereocenters. The van der Waals surface area contributed by atoms with Crippen LogP contribution >= 0.6 is 0 Å². The summed E-state index contributed by atoms with van der Waals surface area (Å²) in [6.45, 7) is 1.33. The van der Waals surface area contributed by atoms with Gasteiger partial charge in [-0.2, -0.15) is 10.4 Å². The number of nitrogens with zero attached hydrogens (tertiary/aromatic N) is 5. The molecule has 3 N–H and O–H groups in total. The van der Waals surface area contributed by atoms with E-state index in [0.717, 1.165) is 0 Å². The second-order valence-electron chi connectivity index (χ2n) is 3.36. The summed E-state index contributed by atoms with van der Waals surface area (Å²) < 4.78 is 1.74. The van der Waals surface area contributed by atoms with E-state index >= 15 is 0 Å². The third kappa shape index (κ3) is 2.92. The molecule has 0 bridgehead atoms. The fourth-order valence-electron chi connectivity index (χ4n) is 1.28. The van der Waals surface area contributed by atoms with Gasteiger partial charge in [0.05, 0.1) is 30.8 Å². The predicted molar refractivity (Wildman–Crippen MR) is 61.9 cm³/mol. The van der Waals surface area contributed by atoms with Crippen LogP contribution in [-0.4, -0.2) is 26.3 Å². The molecule has 0 saturated heterocycles. The Labute approximate surface area is 97.9 Å². The van der Waals surface area contributed by atoms with Gasteiger partial charge >= 0.3 is 0 Å². The van der Waals surface area contributed by atoms with E-state index in [1.54, 1.807) is 17.1 Å². The van der Waals surface area contributed by atoms with Crippen molar-refractivity contribution in [1.29, 1.82) is 5.26 Å². The summed E-state index contributed by atoms with van der Waals surface area (Å²) in [5, 5.41) is 15.7. The maximum Gasteiger partial charge on any atom is 0.158 e. The van der Waals surface area contributed by atoms with Crippen molar-refractivity contribution >= 4 is 11.5 Å². The molecule has 0 saturated carbocycles. The molecule has 2 aromatic rings. The van der Waals surface area contributed by atoms with Crippen molar-refractivity contribution in [2.24, 2.45) is 0 Å². The lowest BCUT2D eigenvalue weighted by atomic mass is 10.5. The zero-order valence-corrected chi connectivity index (χ0v) is 9.04. The van der Waals surface area contributed by atoms with Crippen molar-refractivity contribution in [2.45, 2.75) is 6.54 Å². The Morgan fingerprint density at radius 2 is 2.24 bits per heavy atom. The summed E-state index contributed by atoms with van der Waals surface area (Å²) in [6.07, 6.45) is 6.30. The van der Waals surface area contributed by atoms with Crippen LogP contribution in [0, 0.1) is 11.3 Å². The van der Waals surface area contributed by atoms with Crippen LogP contribution in [0.3, 0.4) is 0 Å². The van der Waals surface area contributed by atoms with Crippen molar-refractivity contribution < 1.29 is 0 Å². The van der Waals surface area contributed by atoms with E-state index in [1.807, 2.05) is 6.07 Å². The summed E-state index contributed by atoms with van der Waals surface area (Å²) in [5.74, 6) is 0.629. The number of hydrogen-bond donors (Lipinski definition) is 2. The first-order valence-electron chi connectivity index (χ1n) is 5.02. The maximum absolute atomic E-state index is 8.56. The van der Waals surface area contributed by atoms with Crippen LogP contribution in [0.5, 0.6) is 0 Å². The number of nitrogens with two attached hydrogens (primary N) is 1. The lowest BCUT2D eigenvalue weighted by molar-refractivity contribution is 0.637. The van der Waals surface area contributed by atoms with E-state index in [9.17, 15) is 0 Å². The number of rotatable bonds is 4. The molecule has 0 fully saturated rings. The topological polar surface area (TPSA) is 105 Å². The van der Waals surface area contributed by atoms with Crippen molar-refractivity contribution in [2.75, 3.05) is 17.6 Å². The molecular formula is C10H11N7. The molecule has 7 nitrogen and oxygen atoms in total. The zero-order chi connectivity index (χ0) is 12.1. The van der Waals surface area contributed by atoms with Gasteiger partial charge in [0.1, 0.15) is 11.9 Å².